The number of rotatable bonds is 6. The van der Waals surface area contributed by atoms with E-state index < -0.39 is 11.9 Å². The van der Waals surface area contributed by atoms with E-state index >= 15 is 0 Å². The molecule has 0 unspecified atom stereocenters. The van der Waals surface area contributed by atoms with Crippen molar-refractivity contribution in [3.63, 3.8) is 0 Å². The molecule has 0 spiro atoms. The summed E-state index contributed by atoms with van der Waals surface area (Å²) in [5.41, 5.74) is 2.91. The first-order valence-corrected chi connectivity index (χ1v) is 4.56. The van der Waals surface area contributed by atoms with Crippen molar-refractivity contribution in [1.82, 2.24) is 0 Å². The predicted octanol–water partition coefficient (Wildman–Crippen LogP) is 1.68. The number of carbonyl (C=O) groups excluding carboxylic acids is 1. The van der Waals surface area contributed by atoms with E-state index in [-0.39, 0.29) is 18.6 Å². The van der Waals surface area contributed by atoms with Gasteiger partial charge in [0.15, 0.2) is 0 Å². The minimum Gasteiger partial charge on any atom is -0.481 e. The third-order valence-corrected chi connectivity index (χ3v) is 1.39. The lowest BCUT2D eigenvalue weighted by Gasteiger charge is -2.00. The second-order valence-corrected chi connectivity index (χ2v) is 2.73. The molecule has 4 nitrogen and oxygen atoms in total. The van der Waals surface area contributed by atoms with Gasteiger partial charge in [-0.3, -0.25) is 4.79 Å². The highest BCUT2D eigenvalue weighted by molar-refractivity contribution is 5.90. The molecular weight excluding hydrogens is 196 g/mol. The molecule has 15 heavy (non-hydrogen) atoms. The van der Waals surface area contributed by atoms with Crippen LogP contribution in [-0.2, 0) is 14.3 Å². The minimum absolute atomic E-state index is 0.140. The molecule has 0 aromatic rings. The lowest BCUT2D eigenvalue weighted by atomic mass is 10.3. The van der Waals surface area contributed by atoms with Crippen molar-refractivity contribution in [3.8, 4) is 0 Å². The summed E-state index contributed by atoms with van der Waals surface area (Å²) < 4.78 is 4.64. The number of carboxylic acids is 1. The van der Waals surface area contributed by atoms with Crippen LogP contribution in [0.1, 0.15) is 19.8 Å². The van der Waals surface area contributed by atoms with Crippen LogP contribution in [0.15, 0.2) is 30.0 Å². The van der Waals surface area contributed by atoms with E-state index in [0.29, 0.717) is 0 Å². The summed E-state index contributed by atoms with van der Waals surface area (Å²) in [7, 11) is 0. The molecule has 0 aromatic heterocycles. The van der Waals surface area contributed by atoms with Crippen molar-refractivity contribution in [2.24, 2.45) is 0 Å². The van der Waals surface area contributed by atoms with Gasteiger partial charge in [-0.1, -0.05) is 13.5 Å². The van der Waals surface area contributed by atoms with Gasteiger partial charge in [0.25, 0.3) is 0 Å². The Morgan fingerprint density at radius 1 is 1.53 bits per heavy atom. The normalized spacial score (nSPS) is 8.60. The smallest absolute Gasteiger partial charge is 0.338 e. The molecule has 0 aliphatic rings. The van der Waals surface area contributed by atoms with E-state index in [4.69, 9.17) is 5.11 Å². The van der Waals surface area contributed by atoms with Crippen molar-refractivity contribution in [2.45, 2.75) is 19.8 Å². The zero-order chi connectivity index (χ0) is 11.7. The van der Waals surface area contributed by atoms with Gasteiger partial charge in [0, 0.05) is 0 Å². The van der Waals surface area contributed by atoms with Crippen molar-refractivity contribution < 1.29 is 19.4 Å². The fourth-order valence-electron chi connectivity index (χ4n) is 0.660. The number of hydrogen-bond donors (Lipinski definition) is 1. The molecule has 0 atom stereocenters. The molecule has 0 aromatic carbocycles. The average molecular weight is 210 g/mol. The van der Waals surface area contributed by atoms with Crippen LogP contribution in [0.5, 0.6) is 0 Å². The topological polar surface area (TPSA) is 63.6 Å². The highest BCUT2D eigenvalue weighted by atomic mass is 16.5. The van der Waals surface area contributed by atoms with Gasteiger partial charge in [0.05, 0.1) is 12.0 Å². The van der Waals surface area contributed by atoms with Crippen molar-refractivity contribution >= 4 is 11.9 Å². The molecule has 4 heteroatoms. The summed E-state index contributed by atoms with van der Waals surface area (Å²) in [5, 5.41) is 8.30. The Labute approximate surface area is 88.6 Å². The largest absolute Gasteiger partial charge is 0.481 e. The maximum Gasteiger partial charge on any atom is 0.338 e. The first kappa shape index (κ1) is 13.2. The first-order valence-electron chi connectivity index (χ1n) is 4.56. The Morgan fingerprint density at radius 3 is 2.73 bits per heavy atom. The molecular formula is C11H14O4. The molecule has 0 heterocycles. The Morgan fingerprint density at radius 2 is 2.20 bits per heavy atom. The first-order chi connectivity index (χ1) is 7.07. The zero-order valence-electron chi connectivity index (χ0n) is 8.66. The van der Waals surface area contributed by atoms with Gasteiger partial charge in [0.2, 0.25) is 0 Å². The van der Waals surface area contributed by atoms with E-state index in [2.05, 4.69) is 17.0 Å². The summed E-state index contributed by atoms with van der Waals surface area (Å²) in [6.07, 6.45) is 3.77. The fraction of sp³-hybridized carbons (Fsp3) is 0.364. The summed E-state index contributed by atoms with van der Waals surface area (Å²) in [6.45, 7) is 5.26. The van der Waals surface area contributed by atoms with E-state index in [9.17, 15) is 9.59 Å². The Hall–Kier alpha value is -1.80. The second-order valence-electron chi connectivity index (χ2n) is 2.73. The Bertz CT molecular complexity index is 309. The number of hydrogen-bond acceptors (Lipinski definition) is 3. The summed E-state index contributed by atoms with van der Waals surface area (Å²) in [4.78, 5) is 21.2. The second kappa shape index (κ2) is 7.59. The van der Waals surface area contributed by atoms with Crippen LogP contribution < -0.4 is 0 Å². The molecule has 0 saturated carbocycles. The number of carboxylic acid groups (broad SMARTS) is 1. The van der Waals surface area contributed by atoms with Gasteiger partial charge in [-0.15, -0.1) is 5.73 Å². The van der Waals surface area contributed by atoms with E-state index in [1.165, 1.54) is 6.08 Å². The molecule has 0 amide bonds. The van der Waals surface area contributed by atoms with Gasteiger partial charge < -0.3 is 9.84 Å². The van der Waals surface area contributed by atoms with Crippen molar-refractivity contribution in [2.75, 3.05) is 6.61 Å². The Balaban J connectivity index is 3.95. The number of ether oxygens (including phenoxy) is 1. The molecule has 0 bridgehead atoms. The van der Waals surface area contributed by atoms with E-state index in [1.54, 1.807) is 6.08 Å². The maximum absolute atomic E-state index is 11.1. The van der Waals surface area contributed by atoms with Crippen LogP contribution in [0.2, 0.25) is 0 Å². The average Bonchev–Trinajstić information content (AvgIpc) is 2.17. The van der Waals surface area contributed by atoms with Gasteiger partial charge in [0.1, 0.15) is 6.61 Å². The number of esters is 1. The Kier molecular flexibility index (Phi) is 6.68. The van der Waals surface area contributed by atoms with Crippen LogP contribution in [0.3, 0.4) is 0 Å². The van der Waals surface area contributed by atoms with Gasteiger partial charge >= 0.3 is 11.9 Å². The van der Waals surface area contributed by atoms with E-state index in [1.807, 2.05) is 6.92 Å². The highest BCUT2D eigenvalue weighted by Crippen LogP contribution is 1.97. The number of carbonyl (C=O) groups is 2. The molecule has 0 radical (unpaired) electrons. The third-order valence-electron chi connectivity index (χ3n) is 1.39. The molecule has 0 aliphatic heterocycles. The summed E-state index contributed by atoms with van der Waals surface area (Å²) in [5.74, 6) is -1.62. The van der Waals surface area contributed by atoms with E-state index in [0.717, 1.165) is 6.42 Å². The minimum atomic E-state index is -1.00. The molecule has 0 aliphatic carbocycles. The van der Waals surface area contributed by atoms with Crippen LogP contribution in [0.4, 0.5) is 0 Å². The summed E-state index contributed by atoms with van der Waals surface area (Å²) >= 11 is 0. The van der Waals surface area contributed by atoms with Crippen LogP contribution in [-0.4, -0.2) is 23.7 Å². The standard InChI is InChI=1S/C11H14O4/c1-3-4-5-6-9(2)11(14)15-8-7-10(12)13/h4,6H,2-3,7-8H2,1H3,(H,12,13). The molecule has 0 fully saturated rings. The number of aliphatic carboxylic acids is 1. The van der Waals surface area contributed by atoms with Crippen LogP contribution >= 0.6 is 0 Å². The summed E-state index contributed by atoms with van der Waals surface area (Å²) in [6, 6.07) is 0. The molecule has 82 valence electrons. The highest BCUT2D eigenvalue weighted by Gasteiger charge is 2.05. The third kappa shape index (κ3) is 7.28. The maximum atomic E-state index is 11.1. The van der Waals surface area contributed by atoms with Crippen LogP contribution in [0, 0.1) is 0 Å². The molecule has 0 rings (SSSR count). The van der Waals surface area contributed by atoms with Gasteiger partial charge in [-0.25, -0.2) is 4.79 Å². The molecule has 1 N–H and O–H groups in total. The monoisotopic (exact) mass is 210 g/mol. The quantitative estimate of drug-likeness (QED) is 0.313. The van der Waals surface area contributed by atoms with Gasteiger partial charge in [-0.05, 0) is 18.6 Å². The van der Waals surface area contributed by atoms with Crippen molar-refractivity contribution in [3.05, 3.63) is 30.0 Å². The predicted molar refractivity (Wildman–Crippen MR) is 55.3 cm³/mol. The molecule has 0 saturated heterocycles. The zero-order valence-corrected chi connectivity index (χ0v) is 8.66. The lowest BCUT2D eigenvalue weighted by Crippen LogP contribution is -2.09. The SMILES string of the molecule is C=C(C=C=CCC)C(=O)OCCC(=O)O. The van der Waals surface area contributed by atoms with Crippen molar-refractivity contribution in [1.29, 1.82) is 0 Å². The van der Waals surface area contributed by atoms with Gasteiger partial charge in [-0.2, -0.15) is 0 Å². The lowest BCUT2D eigenvalue weighted by molar-refractivity contribution is -0.143. The van der Waals surface area contributed by atoms with Crippen LogP contribution in [0.25, 0.3) is 0 Å². The fourth-order valence-corrected chi connectivity index (χ4v) is 0.660.